The van der Waals surface area contributed by atoms with Crippen LogP contribution >= 0.6 is 0 Å². The first-order chi connectivity index (χ1) is 3.18. The first-order valence-corrected chi connectivity index (χ1v) is 2.09. The molecule has 0 saturated carbocycles. The van der Waals surface area contributed by atoms with Crippen LogP contribution in [0.3, 0.4) is 0 Å². The summed E-state index contributed by atoms with van der Waals surface area (Å²) >= 11 is 0. The maximum Gasteiger partial charge on any atom is 0.332 e. The van der Waals surface area contributed by atoms with E-state index in [2.05, 4.69) is 0 Å². The molecule has 4 heteroatoms. The van der Waals surface area contributed by atoms with Crippen LogP contribution in [0.2, 0.25) is 0 Å². The second-order valence-corrected chi connectivity index (χ2v) is 1.26. The minimum absolute atomic E-state index is 0. The van der Waals surface area contributed by atoms with Crippen molar-refractivity contribution in [3.63, 3.8) is 0 Å². The summed E-state index contributed by atoms with van der Waals surface area (Å²) in [4.78, 5) is 9.68. The summed E-state index contributed by atoms with van der Waals surface area (Å²) in [6.45, 7) is 1.61. The van der Waals surface area contributed by atoms with E-state index >= 15 is 0 Å². The van der Waals surface area contributed by atoms with Gasteiger partial charge in [0, 0.05) is 0 Å². The number of aliphatic carboxylic acids is 1. The zero-order chi connectivity index (χ0) is 5.86. The number of rotatable bonds is 2. The number of carboxylic acids is 1. The highest BCUT2D eigenvalue weighted by molar-refractivity contribution is 5.75. The fourth-order valence-electron chi connectivity index (χ4n) is 0.175. The predicted octanol–water partition coefficient (Wildman–Crippen LogP) is -1.34. The number of hydrogen-bond acceptors (Lipinski definition) is 2. The Morgan fingerprint density at radius 1 is 1.75 bits per heavy atom. The molecule has 0 aliphatic carbocycles. The van der Waals surface area contributed by atoms with E-state index in [0.29, 0.717) is 0 Å². The third-order valence-corrected chi connectivity index (χ3v) is 0.672. The summed E-state index contributed by atoms with van der Waals surface area (Å²) in [6.07, 6.45) is -0.907. The molecule has 0 bridgehead atoms. The number of hydrogen-bond donors (Lipinski definition) is 2. The Morgan fingerprint density at radius 2 is 2.12 bits per heavy atom. The van der Waals surface area contributed by atoms with Crippen molar-refractivity contribution in [3.8, 4) is 0 Å². The summed E-state index contributed by atoms with van der Waals surface area (Å²) in [5, 5.41) is 16.3. The maximum absolute atomic E-state index is 9.68. The molecule has 0 aromatic heterocycles. The van der Waals surface area contributed by atoms with Crippen LogP contribution in [0.4, 0.5) is 0 Å². The average Bonchev–Trinajstić information content (AvgIpc) is 1.65. The van der Waals surface area contributed by atoms with Gasteiger partial charge >= 0.3 is 5.97 Å². The molecule has 0 heterocycles. The molecule has 0 aliphatic heterocycles. The summed E-state index contributed by atoms with van der Waals surface area (Å²) in [5.41, 5.74) is 0. The lowest BCUT2D eigenvalue weighted by Gasteiger charge is -1.95. The van der Waals surface area contributed by atoms with E-state index in [4.69, 9.17) is 10.2 Å². The Morgan fingerprint density at radius 3 is 2.12 bits per heavy atom. The van der Waals surface area contributed by atoms with Crippen LogP contribution in [0.5, 0.6) is 0 Å². The van der Waals surface area contributed by atoms with E-state index in [1.807, 2.05) is 0 Å². The van der Waals surface area contributed by atoms with Crippen LogP contribution in [0, 0.1) is 0 Å². The number of carboxylic acid groups (broad SMARTS) is 1. The number of aliphatic hydroxyl groups is 1. The standard InChI is InChI=1S/C4H8O3.Al.3H/c1-2-3(5)4(6)7;;;;/h3,5H,2H2,1H3,(H,6,7);;;;. The van der Waals surface area contributed by atoms with Crippen molar-refractivity contribution < 1.29 is 15.0 Å². The van der Waals surface area contributed by atoms with Crippen molar-refractivity contribution in [2.75, 3.05) is 0 Å². The van der Waals surface area contributed by atoms with Crippen LogP contribution < -0.4 is 0 Å². The molecular weight excluding hydrogens is 123 g/mol. The summed E-state index contributed by atoms with van der Waals surface area (Å²) in [5.74, 6) is -1.15. The molecule has 3 nitrogen and oxygen atoms in total. The van der Waals surface area contributed by atoms with Gasteiger partial charge in [-0.15, -0.1) is 0 Å². The SMILES string of the molecule is CCC(O)C(=O)O.[AlH3]. The lowest BCUT2D eigenvalue weighted by Crippen LogP contribution is -2.17. The van der Waals surface area contributed by atoms with Gasteiger partial charge in [-0.3, -0.25) is 0 Å². The summed E-state index contributed by atoms with van der Waals surface area (Å²) in [7, 11) is 0. The number of aliphatic hydroxyl groups excluding tert-OH is 1. The third-order valence-electron chi connectivity index (χ3n) is 0.672. The van der Waals surface area contributed by atoms with Gasteiger partial charge in [0.1, 0.15) is 0 Å². The van der Waals surface area contributed by atoms with Gasteiger partial charge in [0.25, 0.3) is 0 Å². The van der Waals surface area contributed by atoms with Crippen molar-refractivity contribution in [1.82, 2.24) is 0 Å². The van der Waals surface area contributed by atoms with Gasteiger partial charge in [0.2, 0.25) is 0 Å². The largest absolute Gasteiger partial charge is 0.479 e. The zero-order valence-electron chi connectivity index (χ0n) is 4.09. The second-order valence-electron chi connectivity index (χ2n) is 1.26. The van der Waals surface area contributed by atoms with Gasteiger partial charge in [0.15, 0.2) is 23.5 Å². The fraction of sp³-hybridized carbons (Fsp3) is 0.750. The van der Waals surface area contributed by atoms with Crippen molar-refractivity contribution >= 4 is 23.3 Å². The van der Waals surface area contributed by atoms with Crippen LogP contribution in [0.15, 0.2) is 0 Å². The van der Waals surface area contributed by atoms with E-state index < -0.39 is 12.1 Å². The van der Waals surface area contributed by atoms with Gasteiger partial charge < -0.3 is 10.2 Å². The zero-order valence-corrected chi connectivity index (χ0v) is 4.09. The van der Waals surface area contributed by atoms with Gasteiger partial charge in [-0.1, -0.05) is 6.92 Å². The first-order valence-electron chi connectivity index (χ1n) is 2.09. The van der Waals surface area contributed by atoms with Gasteiger partial charge in [-0.25, -0.2) is 4.79 Å². The molecule has 1 atom stereocenters. The van der Waals surface area contributed by atoms with Crippen molar-refractivity contribution in [1.29, 1.82) is 0 Å². The number of carbonyl (C=O) groups is 1. The molecule has 48 valence electrons. The lowest BCUT2D eigenvalue weighted by atomic mass is 10.3. The molecule has 0 rings (SSSR count). The third kappa shape index (κ3) is 4.13. The predicted molar refractivity (Wildman–Crippen MR) is 33.9 cm³/mol. The Hall–Kier alpha value is -0.0375. The van der Waals surface area contributed by atoms with E-state index in [1.165, 1.54) is 0 Å². The minimum Gasteiger partial charge on any atom is -0.479 e. The molecule has 8 heavy (non-hydrogen) atoms. The molecular formula is C4H11AlO3. The van der Waals surface area contributed by atoms with Crippen molar-refractivity contribution in [2.45, 2.75) is 19.4 Å². The van der Waals surface area contributed by atoms with Gasteiger partial charge in [-0.2, -0.15) is 0 Å². The van der Waals surface area contributed by atoms with Crippen LogP contribution in [-0.4, -0.2) is 39.6 Å². The average molecular weight is 134 g/mol. The molecule has 0 saturated heterocycles. The molecule has 2 N–H and O–H groups in total. The van der Waals surface area contributed by atoms with E-state index in [1.54, 1.807) is 6.92 Å². The molecule has 0 aromatic rings. The van der Waals surface area contributed by atoms with Crippen molar-refractivity contribution in [3.05, 3.63) is 0 Å². The minimum atomic E-state index is -1.18. The van der Waals surface area contributed by atoms with E-state index in [0.717, 1.165) is 0 Å². The van der Waals surface area contributed by atoms with E-state index in [9.17, 15) is 4.79 Å². The normalized spacial score (nSPS) is 11.8. The lowest BCUT2D eigenvalue weighted by molar-refractivity contribution is -0.146. The first kappa shape index (κ1) is 10.9. The maximum atomic E-state index is 9.68. The molecule has 0 aromatic carbocycles. The van der Waals surface area contributed by atoms with Gasteiger partial charge in [0.05, 0.1) is 0 Å². The molecule has 0 fully saturated rings. The Labute approximate surface area is 58.5 Å². The highest BCUT2D eigenvalue weighted by atomic mass is 27.0. The van der Waals surface area contributed by atoms with Crippen LogP contribution in [-0.2, 0) is 4.79 Å². The van der Waals surface area contributed by atoms with E-state index in [-0.39, 0.29) is 23.8 Å². The molecule has 0 amide bonds. The van der Waals surface area contributed by atoms with Crippen LogP contribution in [0.1, 0.15) is 13.3 Å². The summed E-state index contributed by atoms with van der Waals surface area (Å²) < 4.78 is 0. The Bertz CT molecular complexity index is 73.7. The Balaban J connectivity index is 0. The highest BCUT2D eigenvalue weighted by Gasteiger charge is 2.07. The van der Waals surface area contributed by atoms with Crippen LogP contribution in [0.25, 0.3) is 0 Å². The second kappa shape index (κ2) is 5.11. The quantitative estimate of drug-likeness (QED) is 0.459. The summed E-state index contributed by atoms with van der Waals surface area (Å²) in [6, 6.07) is 0. The monoisotopic (exact) mass is 134 g/mol. The highest BCUT2D eigenvalue weighted by Crippen LogP contribution is 1.86. The molecule has 0 aliphatic rings. The van der Waals surface area contributed by atoms with Gasteiger partial charge in [-0.05, 0) is 6.42 Å². The fourth-order valence-corrected chi connectivity index (χ4v) is 0.175. The molecule has 1 unspecified atom stereocenters. The molecule has 0 spiro atoms. The smallest absolute Gasteiger partial charge is 0.332 e. The Kier molecular flexibility index (Phi) is 6.93. The molecule has 0 radical (unpaired) electrons. The van der Waals surface area contributed by atoms with Crippen molar-refractivity contribution in [2.24, 2.45) is 0 Å². The topological polar surface area (TPSA) is 57.5 Å².